The molecule has 1 fully saturated rings. The highest BCUT2D eigenvalue weighted by Crippen LogP contribution is 2.34. The molecule has 0 unspecified atom stereocenters. The molecule has 2 atom stereocenters. The Balaban J connectivity index is 1.54. The summed E-state index contributed by atoms with van der Waals surface area (Å²) in [6.45, 7) is 4.64. The van der Waals surface area contributed by atoms with Crippen molar-refractivity contribution in [3.8, 4) is 0 Å². The Labute approximate surface area is 209 Å². The van der Waals surface area contributed by atoms with Crippen molar-refractivity contribution in [2.24, 2.45) is 0 Å². The zero-order chi connectivity index (χ0) is 25.7. The summed E-state index contributed by atoms with van der Waals surface area (Å²) < 4.78 is 19.6. The van der Waals surface area contributed by atoms with Crippen LogP contribution in [-0.2, 0) is 16.1 Å². The monoisotopic (exact) mass is 489 g/mol. The van der Waals surface area contributed by atoms with Gasteiger partial charge in [0.25, 0.3) is 5.91 Å². The lowest BCUT2D eigenvalue weighted by Crippen LogP contribution is -2.46. The summed E-state index contributed by atoms with van der Waals surface area (Å²) in [6, 6.07) is 19.2. The van der Waals surface area contributed by atoms with Crippen LogP contribution in [0, 0.1) is 12.7 Å². The molecular formula is C28H28FN3O4. The molecule has 0 aliphatic carbocycles. The quantitative estimate of drug-likeness (QED) is 0.468. The number of carbonyl (C=O) groups is 3. The maximum absolute atomic E-state index is 13.9. The maximum Gasteiger partial charge on any atom is 0.411 e. The lowest BCUT2D eigenvalue weighted by atomic mass is 10.00. The number of cyclic esters (lactones) is 1. The average molecular weight is 490 g/mol. The highest BCUT2D eigenvalue weighted by molar-refractivity contribution is 6.04. The first-order chi connectivity index (χ1) is 17.4. The molecule has 1 saturated heterocycles. The Kier molecular flexibility index (Phi) is 7.63. The Morgan fingerprint density at radius 3 is 2.36 bits per heavy atom. The third-order valence-corrected chi connectivity index (χ3v) is 5.99. The average Bonchev–Trinajstić information content (AvgIpc) is 3.20. The van der Waals surface area contributed by atoms with Gasteiger partial charge in [0.05, 0.1) is 12.1 Å². The Bertz CT molecular complexity index is 1240. The van der Waals surface area contributed by atoms with Crippen molar-refractivity contribution in [1.29, 1.82) is 0 Å². The van der Waals surface area contributed by atoms with Gasteiger partial charge in [0.15, 0.2) is 12.1 Å². The fraction of sp³-hybridized carbons (Fsp3) is 0.250. The molecule has 3 amide bonds. The highest BCUT2D eigenvalue weighted by Gasteiger charge is 2.46. The van der Waals surface area contributed by atoms with Crippen LogP contribution < -0.4 is 10.6 Å². The second-order valence-electron chi connectivity index (χ2n) is 8.71. The normalized spacial score (nSPS) is 17.0. The van der Waals surface area contributed by atoms with E-state index in [1.807, 2.05) is 38.1 Å². The molecule has 4 rings (SSSR count). The summed E-state index contributed by atoms with van der Waals surface area (Å²) in [6.07, 6.45) is -0.642. The fourth-order valence-electron chi connectivity index (χ4n) is 4.05. The molecule has 1 aliphatic rings. The van der Waals surface area contributed by atoms with E-state index in [1.54, 1.807) is 30.3 Å². The molecule has 3 aromatic rings. The number of rotatable bonds is 8. The third-order valence-electron chi connectivity index (χ3n) is 5.99. The maximum atomic E-state index is 13.9. The SMILES string of the molecule is CCCNC(=O)[C@@H]1[C@H](c2ccc(NC(=O)c3ccccc3F)cc2)OC(=O)N1Cc1ccc(C)cc1. The fourth-order valence-corrected chi connectivity index (χ4v) is 4.05. The number of carbonyl (C=O) groups excluding carboxylic acids is 3. The molecule has 186 valence electrons. The van der Waals surface area contributed by atoms with Crippen molar-refractivity contribution < 1.29 is 23.5 Å². The molecule has 2 N–H and O–H groups in total. The second-order valence-corrected chi connectivity index (χ2v) is 8.71. The molecule has 8 heteroatoms. The molecule has 1 aliphatic heterocycles. The molecule has 0 saturated carbocycles. The van der Waals surface area contributed by atoms with Gasteiger partial charge in [-0.1, -0.05) is 61.0 Å². The molecule has 0 aromatic heterocycles. The number of aryl methyl sites for hydroxylation is 1. The van der Waals surface area contributed by atoms with E-state index in [1.165, 1.54) is 23.1 Å². The number of nitrogens with zero attached hydrogens (tertiary/aromatic N) is 1. The second kappa shape index (κ2) is 11.0. The van der Waals surface area contributed by atoms with Crippen molar-refractivity contribution in [2.75, 3.05) is 11.9 Å². The third kappa shape index (κ3) is 5.54. The number of ether oxygens (including phenoxy) is 1. The molecular weight excluding hydrogens is 461 g/mol. The minimum Gasteiger partial charge on any atom is -0.438 e. The summed E-state index contributed by atoms with van der Waals surface area (Å²) in [5.74, 6) is -1.48. The zero-order valence-corrected chi connectivity index (χ0v) is 20.2. The van der Waals surface area contributed by atoms with Gasteiger partial charge >= 0.3 is 6.09 Å². The molecule has 0 spiro atoms. The number of amides is 3. The smallest absolute Gasteiger partial charge is 0.411 e. The summed E-state index contributed by atoms with van der Waals surface area (Å²) in [5.41, 5.74) is 2.97. The molecule has 36 heavy (non-hydrogen) atoms. The lowest BCUT2D eigenvalue weighted by Gasteiger charge is -2.24. The van der Waals surface area contributed by atoms with E-state index < -0.39 is 30.0 Å². The van der Waals surface area contributed by atoms with Gasteiger partial charge in [-0.3, -0.25) is 14.5 Å². The molecule has 3 aromatic carbocycles. The summed E-state index contributed by atoms with van der Waals surface area (Å²) in [4.78, 5) is 39.8. The van der Waals surface area contributed by atoms with Crippen LogP contribution >= 0.6 is 0 Å². The summed E-state index contributed by atoms with van der Waals surface area (Å²) >= 11 is 0. The standard InChI is InChI=1S/C28H28FN3O4/c1-3-16-30-27(34)24-25(36-28(35)32(24)17-19-10-8-18(2)9-11-19)20-12-14-21(15-13-20)31-26(33)22-6-4-5-7-23(22)29/h4-15,24-25H,3,16-17H2,1-2H3,(H,30,34)(H,31,33)/t24-,25-/m0/s1. The van der Waals surface area contributed by atoms with Gasteiger partial charge < -0.3 is 15.4 Å². The van der Waals surface area contributed by atoms with Gasteiger partial charge in [-0.05, 0) is 48.7 Å². The largest absolute Gasteiger partial charge is 0.438 e. The van der Waals surface area contributed by atoms with Crippen molar-refractivity contribution in [3.63, 3.8) is 0 Å². The van der Waals surface area contributed by atoms with E-state index in [2.05, 4.69) is 10.6 Å². The summed E-state index contributed by atoms with van der Waals surface area (Å²) in [5, 5.41) is 5.53. The zero-order valence-electron chi connectivity index (χ0n) is 20.2. The van der Waals surface area contributed by atoms with Crippen molar-refractivity contribution >= 4 is 23.6 Å². The van der Waals surface area contributed by atoms with Crippen LogP contribution in [0.1, 0.15) is 46.5 Å². The number of halogens is 1. The van der Waals surface area contributed by atoms with Crippen molar-refractivity contribution in [1.82, 2.24) is 10.2 Å². The van der Waals surface area contributed by atoms with E-state index in [0.29, 0.717) is 17.8 Å². The van der Waals surface area contributed by atoms with Crippen molar-refractivity contribution in [2.45, 2.75) is 39.0 Å². The topological polar surface area (TPSA) is 87.7 Å². The van der Waals surface area contributed by atoms with Crippen LogP contribution in [0.4, 0.5) is 14.9 Å². The van der Waals surface area contributed by atoms with Crippen LogP contribution in [0.3, 0.4) is 0 Å². The molecule has 7 nitrogen and oxygen atoms in total. The first-order valence-corrected chi connectivity index (χ1v) is 11.8. The van der Waals surface area contributed by atoms with E-state index in [0.717, 1.165) is 17.5 Å². The van der Waals surface area contributed by atoms with Crippen LogP contribution in [0.2, 0.25) is 0 Å². The number of anilines is 1. The van der Waals surface area contributed by atoms with Gasteiger partial charge in [-0.25, -0.2) is 9.18 Å². The van der Waals surface area contributed by atoms with Crippen LogP contribution in [0.25, 0.3) is 0 Å². The predicted molar refractivity (Wildman–Crippen MR) is 134 cm³/mol. The number of benzene rings is 3. The van der Waals surface area contributed by atoms with Gasteiger partial charge in [-0.2, -0.15) is 0 Å². The lowest BCUT2D eigenvalue weighted by molar-refractivity contribution is -0.126. The van der Waals surface area contributed by atoms with Gasteiger partial charge in [0.2, 0.25) is 5.91 Å². The molecule has 0 radical (unpaired) electrons. The minimum absolute atomic E-state index is 0.0642. The van der Waals surface area contributed by atoms with E-state index >= 15 is 0 Å². The number of nitrogens with one attached hydrogen (secondary N) is 2. The minimum atomic E-state index is -0.857. The number of hydrogen-bond donors (Lipinski definition) is 2. The van der Waals surface area contributed by atoms with Crippen LogP contribution in [-0.4, -0.2) is 35.4 Å². The van der Waals surface area contributed by atoms with E-state index in [9.17, 15) is 18.8 Å². The number of hydrogen-bond acceptors (Lipinski definition) is 4. The van der Waals surface area contributed by atoms with Crippen LogP contribution in [0.5, 0.6) is 0 Å². The van der Waals surface area contributed by atoms with Crippen molar-refractivity contribution in [3.05, 3.63) is 101 Å². The van der Waals surface area contributed by atoms with E-state index in [4.69, 9.17) is 4.74 Å². The Morgan fingerprint density at radius 1 is 1.00 bits per heavy atom. The van der Waals surface area contributed by atoms with Gasteiger partial charge in [-0.15, -0.1) is 0 Å². The van der Waals surface area contributed by atoms with E-state index in [-0.39, 0.29) is 18.0 Å². The summed E-state index contributed by atoms with van der Waals surface area (Å²) in [7, 11) is 0. The Hall–Kier alpha value is -4.20. The predicted octanol–water partition coefficient (Wildman–Crippen LogP) is 4.97. The molecule has 1 heterocycles. The van der Waals surface area contributed by atoms with Crippen LogP contribution in [0.15, 0.2) is 72.8 Å². The van der Waals surface area contributed by atoms with Gasteiger partial charge in [0.1, 0.15) is 5.82 Å². The first-order valence-electron chi connectivity index (χ1n) is 11.8. The molecule has 0 bridgehead atoms. The Morgan fingerprint density at radius 2 is 1.69 bits per heavy atom. The first kappa shape index (κ1) is 24.9. The van der Waals surface area contributed by atoms with Gasteiger partial charge in [0, 0.05) is 12.2 Å². The highest BCUT2D eigenvalue weighted by atomic mass is 19.1.